The van der Waals surface area contributed by atoms with Gasteiger partial charge in [-0.1, -0.05) is 0 Å². The van der Waals surface area contributed by atoms with Crippen LogP contribution in [0.5, 0.6) is 0 Å². The first-order valence-electron chi connectivity index (χ1n) is 4.92. The lowest BCUT2D eigenvalue weighted by Gasteiger charge is -2.06. The summed E-state index contributed by atoms with van der Waals surface area (Å²) in [4.78, 5) is 22.5. The number of nitrogens with one attached hydrogen (secondary N) is 1. The minimum absolute atomic E-state index is 0.0103. The number of carbonyl (C=O) groups excluding carboxylic acids is 2. The van der Waals surface area contributed by atoms with Crippen LogP contribution in [0, 0.1) is 11.3 Å². The maximum absolute atomic E-state index is 11.4. The van der Waals surface area contributed by atoms with Crippen LogP contribution in [-0.2, 0) is 23.8 Å². The molecule has 0 aliphatic carbocycles. The normalized spacial score (nSPS) is 20.6. The molecule has 1 saturated heterocycles. The number of hydrogen-bond donors (Lipinski definition) is 1. The minimum Gasteiger partial charge on any atom is -0.475 e. The summed E-state index contributed by atoms with van der Waals surface area (Å²) in [5.41, 5.74) is -0.306. The molecule has 0 spiro atoms. The number of nitrogens with zero attached hydrogens (tertiary/aromatic N) is 1. The first kappa shape index (κ1) is 12.8. The summed E-state index contributed by atoms with van der Waals surface area (Å²) in [5.74, 6) is -1.37. The van der Waals surface area contributed by atoms with Crippen molar-refractivity contribution < 1.29 is 23.8 Å². The van der Waals surface area contributed by atoms with Gasteiger partial charge in [0.05, 0.1) is 13.7 Å². The molecular formula is C10H12N2O5. The first-order valence-corrected chi connectivity index (χ1v) is 4.92. The predicted molar refractivity (Wildman–Crippen MR) is 54.2 cm³/mol. The molecule has 0 aromatic heterocycles. The lowest BCUT2D eigenvalue weighted by molar-refractivity contribution is -0.145. The maximum atomic E-state index is 11.4. The van der Waals surface area contributed by atoms with Gasteiger partial charge in [-0.2, -0.15) is 5.26 Å². The highest BCUT2D eigenvalue weighted by Gasteiger charge is 2.31. The summed E-state index contributed by atoms with van der Waals surface area (Å²) in [6, 6.07) is 0.941. The van der Waals surface area contributed by atoms with Crippen LogP contribution in [-0.4, -0.2) is 38.3 Å². The van der Waals surface area contributed by atoms with E-state index in [0.717, 1.165) is 7.11 Å². The Balaban J connectivity index is 2.78. The average molecular weight is 240 g/mol. The summed E-state index contributed by atoms with van der Waals surface area (Å²) >= 11 is 0. The van der Waals surface area contributed by atoms with Gasteiger partial charge < -0.3 is 19.5 Å². The third kappa shape index (κ3) is 2.87. The number of ether oxygens (including phenoxy) is 3. The van der Waals surface area contributed by atoms with Gasteiger partial charge in [-0.15, -0.1) is 0 Å². The third-order valence-corrected chi connectivity index (χ3v) is 2.00. The van der Waals surface area contributed by atoms with Crippen LogP contribution < -0.4 is 5.32 Å². The fourth-order valence-electron chi connectivity index (χ4n) is 1.21. The zero-order valence-corrected chi connectivity index (χ0v) is 9.48. The Morgan fingerprint density at radius 3 is 2.88 bits per heavy atom. The van der Waals surface area contributed by atoms with Crippen molar-refractivity contribution in [2.24, 2.45) is 0 Å². The molecule has 0 amide bonds. The quantitative estimate of drug-likeness (QED) is 0.401. The summed E-state index contributed by atoms with van der Waals surface area (Å²) in [7, 11) is 1.15. The highest BCUT2D eigenvalue weighted by atomic mass is 16.5. The van der Waals surface area contributed by atoms with Crippen molar-refractivity contribution in [3.05, 3.63) is 11.5 Å². The van der Waals surface area contributed by atoms with Gasteiger partial charge in [-0.25, -0.2) is 9.59 Å². The molecule has 0 aromatic rings. The molecule has 1 unspecified atom stereocenters. The van der Waals surface area contributed by atoms with Gasteiger partial charge in [-0.05, 0) is 6.92 Å². The second-order valence-corrected chi connectivity index (χ2v) is 3.07. The van der Waals surface area contributed by atoms with E-state index in [0.29, 0.717) is 0 Å². The Kier molecular flexibility index (Phi) is 4.34. The van der Waals surface area contributed by atoms with Crippen LogP contribution in [0.1, 0.15) is 6.92 Å². The highest BCUT2D eigenvalue weighted by molar-refractivity contribution is 5.93. The number of methoxy groups -OCH3 is 1. The largest absolute Gasteiger partial charge is 0.475 e. The predicted octanol–water partition coefficient (Wildman–Crippen LogP) is -0.554. The molecule has 1 fully saturated rings. The topological polar surface area (TPSA) is 97.7 Å². The number of carbonyl (C=O) groups is 2. The fraction of sp³-hybridized carbons (Fsp3) is 0.500. The molecule has 1 aliphatic rings. The zero-order valence-electron chi connectivity index (χ0n) is 9.48. The van der Waals surface area contributed by atoms with Gasteiger partial charge in [0.15, 0.2) is 11.6 Å². The first-order chi connectivity index (χ1) is 8.13. The average Bonchev–Trinajstić information content (AvgIpc) is 2.79. The second kappa shape index (κ2) is 5.75. The molecule has 7 nitrogen and oxygen atoms in total. The summed E-state index contributed by atoms with van der Waals surface area (Å²) in [6.07, 6.45) is 0. The molecular weight excluding hydrogens is 228 g/mol. The van der Waals surface area contributed by atoms with Crippen molar-refractivity contribution in [1.82, 2.24) is 5.32 Å². The van der Waals surface area contributed by atoms with Gasteiger partial charge in [0.2, 0.25) is 5.88 Å². The van der Waals surface area contributed by atoms with E-state index in [1.165, 1.54) is 0 Å². The van der Waals surface area contributed by atoms with Crippen molar-refractivity contribution in [2.45, 2.75) is 13.0 Å². The SMILES string of the molecule is CCOC(=O)C1CO/C(=C(/C#N)C(=O)OC)N1. The Bertz CT molecular complexity index is 396. The lowest BCUT2D eigenvalue weighted by Crippen LogP contribution is -2.34. The molecule has 1 rings (SSSR count). The number of rotatable bonds is 3. The summed E-state index contributed by atoms with van der Waals surface area (Å²) in [6.45, 7) is 1.94. The highest BCUT2D eigenvalue weighted by Crippen LogP contribution is 2.13. The van der Waals surface area contributed by atoms with Gasteiger partial charge in [0.1, 0.15) is 12.7 Å². The zero-order chi connectivity index (χ0) is 12.8. The smallest absolute Gasteiger partial charge is 0.354 e. The van der Waals surface area contributed by atoms with Gasteiger partial charge in [0.25, 0.3) is 0 Å². The molecule has 92 valence electrons. The van der Waals surface area contributed by atoms with Crippen LogP contribution in [0.15, 0.2) is 11.5 Å². The van der Waals surface area contributed by atoms with Crippen molar-refractivity contribution in [1.29, 1.82) is 5.26 Å². The molecule has 7 heteroatoms. The molecule has 1 atom stereocenters. The van der Waals surface area contributed by atoms with E-state index in [9.17, 15) is 9.59 Å². The molecule has 1 aliphatic heterocycles. The molecule has 1 N–H and O–H groups in total. The van der Waals surface area contributed by atoms with Crippen molar-refractivity contribution in [3.63, 3.8) is 0 Å². The lowest BCUT2D eigenvalue weighted by atomic mass is 10.3. The van der Waals surface area contributed by atoms with Gasteiger partial charge in [-0.3, -0.25) is 0 Å². The number of esters is 2. The van der Waals surface area contributed by atoms with Crippen molar-refractivity contribution in [2.75, 3.05) is 20.3 Å². The van der Waals surface area contributed by atoms with Gasteiger partial charge in [0, 0.05) is 0 Å². The Morgan fingerprint density at radius 2 is 2.35 bits per heavy atom. The summed E-state index contributed by atoms with van der Waals surface area (Å²) < 4.78 is 14.2. The minimum atomic E-state index is -0.820. The molecule has 0 aromatic carbocycles. The van der Waals surface area contributed by atoms with Crippen LogP contribution in [0.2, 0.25) is 0 Å². The van der Waals surface area contributed by atoms with Gasteiger partial charge >= 0.3 is 11.9 Å². The second-order valence-electron chi connectivity index (χ2n) is 3.07. The molecule has 0 radical (unpaired) electrons. The number of hydrogen-bond acceptors (Lipinski definition) is 7. The fourth-order valence-corrected chi connectivity index (χ4v) is 1.21. The standard InChI is InChI=1S/C10H12N2O5/c1-3-16-10(14)7-5-17-8(12-7)6(4-11)9(13)15-2/h7,12H,3,5H2,1-2H3/b8-6-. The summed E-state index contributed by atoms with van der Waals surface area (Å²) in [5, 5.41) is 11.4. The molecule has 17 heavy (non-hydrogen) atoms. The van der Waals surface area contributed by atoms with E-state index in [1.54, 1.807) is 13.0 Å². The maximum Gasteiger partial charge on any atom is 0.354 e. The van der Waals surface area contributed by atoms with Crippen LogP contribution in [0.4, 0.5) is 0 Å². The van der Waals surface area contributed by atoms with E-state index in [2.05, 4.69) is 10.1 Å². The van der Waals surface area contributed by atoms with E-state index in [1.807, 2.05) is 0 Å². The third-order valence-electron chi connectivity index (χ3n) is 2.00. The molecule has 0 bridgehead atoms. The number of nitriles is 1. The Morgan fingerprint density at radius 1 is 1.65 bits per heavy atom. The van der Waals surface area contributed by atoms with E-state index >= 15 is 0 Å². The van der Waals surface area contributed by atoms with E-state index < -0.39 is 18.0 Å². The van der Waals surface area contributed by atoms with Crippen LogP contribution in [0.25, 0.3) is 0 Å². The van der Waals surface area contributed by atoms with Crippen LogP contribution >= 0.6 is 0 Å². The Hall–Kier alpha value is -2.23. The molecule has 1 heterocycles. The van der Waals surface area contributed by atoms with E-state index in [4.69, 9.17) is 14.7 Å². The van der Waals surface area contributed by atoms with Crippen molar-refractivity contribution >= 4 is 11.9 Å². The Labute approximate surface area is 97.9 Å². The molecule has 0 saturated carbocycles. The van der Waals surface area contributed by atoms with Crippen LogP contribution in [0.3, 0.4) is 0 Å². The van der Waals surface area contributed by atoms with Crippen molar-refractivity contribution in [3.8, 4) is 6.07 Å². The monoisotopic (exact) mass is 240 g/mol. The van der Waals surface area contributed by atoms with E-state index in [-0.39, 0.29) is 24.7 Å².